The third-order valence-corrected chi connectivity index (χ3v) is 6.99. The zero-order valence-electron chi connectivity index (χ0n) is 14.5. The molecule has 6 rings (SSSR count). The van der Waals surface area contributed by atoms with Crippen molar-refractivity contribution < 1.29 is 0 Å². The third kappa shape index (κ3) is 2.64. The zero-order valence-corrected chi connectivity index (χ0v) is 15.3. The van der Waals surface area contributed by atoms with Crippen LogP contribution >= 0.6 is 11.3 Å². The molecule has 1 aromatic carbocycles. The number of anilines is 1. The van der Waals surface area contributed by atoms with Crippen LogP contribution in [0.3, 0.4) is 0 Å². The molecule has 0 amide bonds. The lowest BCUT2D eigenvalue weighted by Crippen LogP contribution is -2.59. The molecule has 1 N–H and O–H groups in total. The summed E-state index contributed by atoms with van der Waals surface area (Å²) in [5.74, 6) is 0.806. The summed E-state index contributed by atoms with van der Waals surface area (Å²) in [6.07, 6.45) is 4.66. The first-order chi connectivity index (χ1) is 12.3. The van der Waals surface area contributed by atoms with Crippen molar-refractivity contribution in [1.82, 2.24) is 9.88 Å². The highest BCUT2D eigenvalue weighted by molar-refractivity contribution is 7.17. The number of thiophene rings is 1. The summed E-state index contributed by atoms with van der Waals surface area (Å²) in [5.41, 5.74) is 3.45. The fraction of sp³-hybridized carbons (Fsp3) is 0.381. The normalized spacial score (nSPS) is 28.4. The van der Waals surface area contributed by atoms with Crippen LogP contribution in [-0.4, -0.2) is 35.1 Å². The molecule has 3 fully saturated rings. The van der Waals surface area contributed by atoms with Gasteiger partial charge in [-0.15, -0.1) is 11.3 Å². The molecular formula is C21H23N3S. The van der Waals surface area contributed by atoms with Gasteiger partial charge in [-0.05, 0) is 57.0 Å². The highest BCUT2D eigenvalue weighted by atomic mass is 32.1. The zero-order chi connectivity index (χ0) is 16.8. The van der Waals surface area contributed by atoms with Crippen molar-refractivity contribution in [3.8, 4) is 11.3 Å². The van der Waals surface area contributed by atoms with Crippen LogP contribution in [0.15, 0.2) is 48.0 Å². The first kappa shape index (κ1) is 15.4. The number of pyridine rings is 1. The van der Waals surface area contributed by atoms with Crippen LogP contribution in [0, 0.1) is 5.92 Å². The number of nitrogens with zero attached hydrogens (tertiary/aromatic N) is 2. The molecule has 2 bridgehead atoms. The van der Waals surface area contributed by atoms with Crippen LogP contribution in [0.25, 0.3) is 21.3 Å². The van der Waals surface area contributed by atoms with Gasteiger partial charge in [0.1, 0.15) is 0 Å². The minimum atomic E-state index is 0.553. The number of rotatable bonds is 3. The Morgan fingerprint density at radius 2 is 1.96 bits per heavy atom. The average molecular weight is 350 g/mol. The van der Waals surface area contributed by atoms with E-state index in [0.717, 1.165) is 17.3 Å². The summed E-state index contributed by atoms with van der Waals surface area (Å²) in [6, 6.07) is 14.1. The summed E-state index contributed by atoms with van der Waals surface area (Å²) < 4.78 is 1.32. The fourth-order valence-electron chi connectivity index (χ4n) is 4.55. The summed E-state index contributed by atoms with van der Waals surface area (Å²) in [5, 5.41) is 7.29. The monoisotopic (exact) mass is 349 g/mol. The van der Waals surface area contributed by atoms with Crippen molar-refractivity contribution >= 4 is 27.1 Å². The highest BCUT2D eigenvalue weighted by Crippen LogP contribution is 2.35. The minimum Gasteiger partial charge on any atom is -0.379 e. The molecule has 2 atom stereocenters. The van der Waals surface area contributed by atoms with Gasteiger partial charge in [-0.3, -0.25) is 9.88 Å². The smallest absolute Gasteiger partial charge is 0.0718 e. The second-order valence-electron chi connectivity index (χ2n) is 7.36. The van der Waals surface area contributed by atoms with Crippen molar-refractivity contribution in [1.29, 1.82) is 0 Å². The third-order valence-electron chi connectivity index (χ3n) is 6.03. The SMILES string of the molecule is C[C@@H]1[C@@H](Nc2ccc(-c3csc4ccccc34)nc2)C2CCN1CC2. The standard InChI is InChI=1S/C21H23N3S/c1-14-21(15-8-10-24(14)11-9-15)23-16-6-7-19(22-12-16)18-13-25-20-5-3-2-4-17(18)20/h2-7,12-15,21,23H,8-11H2,1H3/t14-,21-/m1/s1. The Kier molecular flexibility index (Phi) is 3.75. The lowest BCUT2D eigenvalue weighted by Gasteiger charge is -2.50. The first-order valence-corrected chi connectivity index (χ1v) is 10.1. The molecule has 0 radical (unpaired) electrons. The highest BCUT2D eigenvalue weighted by Gasteiger charge is 2.39. The van der Waals surface area contributed by atoms with Gasteiger partial charge in [0.15, 0.2) is 0 Å². The Balaban J connectivity index is 1.39. The van der Waals surface area contributed by atoms with E-state index in [1.165, 1.54) is 41.6 Å². The van der Waals surface area contributed by atoms with Gasteiger partial charge in [-0.25, -0.2) is 0 Å². The van der Waals surface area contributed by atoms with Gasteiger partial charge in [0.05, 0.1) is 17.6 Å². The molecule has 128 valence electrons. The predicted octanol–water partition coefficient (Wildman–Crippen LogP) is 4.86. The lowest BCUT2D eigenvalue weighted by molar-refractivity contribution is 0.0458. The van der Waals surface area contributed by atoms with Crippen LogP contribution < -0.4 is 5.32 Å². The molecule has 4 heteroatoms. The van der Waals surface area contributed by atoms with Crippen LogP contribution in [0.5, 0.6) is 0 Å². The Bertz CT molecular complexity index is 876. The summed E-state index contributed by atoms with van der Waals surface area (Å²) in [4.78, 5) is 7.38. The number of hydrogen-bond acceptors (Lipinski definition) is 4. The minimum absolute atomic E-state index is 0.553. The van der Waals surface area contributed by atoms with Crippen molar-refractivity contribution in [3.05, 3.63) is 48.0 Å². The lowest BCUT2D eigenvalue weighted by atomic mass is 9.79. The molecule has 3 saturated heterocycles. The molecule has 3 aromatic rings. The molecule has 25 heavy (non-hydrogen) atoms. The Hall–Kier alpha value is -1.91. The molecule has 0 spiro atoms. The van der Waals surface area contributed by atoms with E-state index >= 15 is 0 Å². The number of benzene rings is 1. The van der Waals surface area contributed by atoms with Crippen molar-refractivity contribution in [2.24, 2.45) is 5.92 Å². The van der Waals surface area contributed by atoms with Gasteiger partial charge in [0.2, 0.25) is 0 Å². The second-order valence-corrected chi connectivity index (χ2v) is 8.27. The molecule has 2 aromatic heterocycles. The van der Waals surface area contributed by atoms with E-state index in [9.17, 15) is 0 Å². The number of hydrogen-bond donors (Lipinski definition) is 1. The summed E-state index contributed by atoms with van der Waals surface area (Å²) >= 11 is 1.79. The largest absolute Gasteiger partial charge is 0.379 e. The van der Waals surface area contributed by atoms with E-state index in [1.54, 1.807) is 11.3 Å². The topological polar surface area (TPSA) is 28.2 Å². The Labute approximate surface area is 152 Å². The van der Waals surface area contributed by atoms with E-state index in [-0.39, 0.29) is 0 Å². The molecule has 0 saturated carbocycles. The van der Waals surface area contributed by atoms with Crippen molar-refractivity contribution in [2.45, 2.75) is 31.8 Å². The molecule has 0 aliphatic carbocycles. The van der Waals surface area contributed by atoms with Crippen LogP contribution in [0.1, 0.15) is 19.8 Å². The van der Waals surface area contributed by atoms with E-state index in [2.05, 4.69) is 58.9 Å². The van der Waals surface area contributed by atoms with E-state index in [1.807, 2.05) is 6.20 Å². The molecule has 3 aliphatic heterocycles. The van der Waals surface area contributed by atoms with Crippen LogP contribution in [0.2, 0.25) is 0 Å². The van der Waals surface area contributed by atoms with E-state index < -0.39 is 0 Å². The van der Waals surface area contributed by atoms with Crippen molar-refractivity contribution in [2.75, 3.05) is 18.4 Å². The van der Waals surface area contributed by atoms with Gasteiger partial charge >= 0.3 is 0 Å². The Morgan fingerprint density at radius 3 is 2.72 bits per heavy atom. The quantitative estimate of drug-likeness (QED) is 0.732. The summed E-state index contributed by atoms with van der Waals surface area (Å²) in [7, 11) is 0. The predicted molar refractivity (Wildman–Crippen MR) is 106 cm³/mol. The van der Waals surface area contributed by atoms with Crippen LogP contribution in [0.4, 0.5) is 5.69 Å². The number of fused-ring (bicyclic) bond motifs is 4. The second kappa shape index (κ2) is 6.11. The molecular weight excluding hydrogens is 326 g/mol. The van der Waals surface area contributed by atoms with E-state index in [4.69, 9.17) is 4.98 Å². The van der Waals surface area contributed by atoms with Crippen LogP contribution in [-0.2, 0) is 0 Å². The molecule has 3 aliphatic rings. The van der Waals surface area contributed by atoms with Gasteiger partial charge in [0.25, 0.3) is 0 Å². The molecule has 5 heterocycles. The Morgan fingerprint density at radius 1 is 1.12 bits per heavy atom. The molecule has 3 nitrogen and oxygen atoms in total. The van der Waals surface area contributed by atoms with Gasteiger partial charge in [-0.2, -0.15) is 0 Å². The maximum absolute atomic E-state index is 4.75. The van der Waals surface area contributed by atoms with Gasteiger partial charge < -0.3 is 5.32 Å². The van der Waals surface area contributed by atoms with Gasteiger partial charge in [0, 0.05) is 33.1 Å². The van der Waals surface area contributed by atoms with E-state index in [0.29, 0.717) is 12.1 Å². The number of aromatic nitrogens is 1. The summed E-state index contributed by atoms with van der Waals surface area (Å²) in [6.45, 7) is 4.90. The maximum atomic E-state index is 4.75. The number of nitrogens with one attached hydrogen (secondary N) is 1. The molecule has 0 unspecified atom stereocenters. The van der Waals surface area contributed by atoms with Crippen molar-refractivity contribution in [3.63, 3.8) is 0 Å². The number of piperidine rings is 3. The van der Waals surface area contributed by atoms with Gasteiger partial charge in [-0.1, -0.05) is 18.2 Å². The first-order valence-electron chi connectivity index (χ1n) is 9.23. The average Bonchev–Trinajstić information content (AvgIpc) is 3.10. The maximum Gasteiger partial charge on any atom is 0.0718 e. The fourth-order valence-corrected chi connectivity index (χ4v) is 5.51.